The van der Waals surface area contributed by atoms with Gasteiger partial charge >= 0.3 is 0 Å². The summed E-state index contributed by atoms with van der Waals surface area (Å²) < 4.78 is 5.37. The van der Waals surface area contributed by atoms with E-state index in [4.69, 9.17) is 4.52 Å². The van der Waals surface area contributed by atoms with Crippen LogP contribution < -0.4 is 4.90 Å². The monoisotopic (exact) mass is 416 g/mol. The molecule has 2 aromatic carbocycles. The van der Waals surface area contributed by atoms with Crippen molar-refractivity contribution in [1.82, 2.24) is 15.1 Å². The van der Waals surface area contributed by atoms with Crippen molar-refractivity contribution in [2.24, 2.45) is 10.3 Å². The summed E-state index contributed by atoms with van der Waals surface area (Å²) in [4.78, 5) is 31.7. The molecule has 2 aliphatic rings. The van der Waals surface area contributed by atoms with Crippen molar-refractivity contribution < 1.29 is 14.1 Å². The summed E-state index contributed by atoms with van der Waals surface area (Å²) in [5.41, 5.74) is 4.53. The zero-order valence-corrected chi connectivity index (χ0v) is 17.3. The standard InChI is InChI=1S/C22H20N6O3/c1-12-8-9-15(10-14(12)3)28-21(29)18-19(22(28)30)27(26-24-18)11-17-23-20(25-31-17)16-7-5-4-6-13(16)2/h4-10,18-19H,11H2,1-3H3/t18-,19-/m0/s1. The Balaban J connectivity index is 1.38. The summed E-state index contributed by atoms with van der Waals surface area (Å²) in [6, 6.07) is 11.5. The zero-order chi connectivity index (χ0) is 21.7. The lowest BCUT2D eigenvalue weighted by Gasteiger charge is -2.19. The van der Waals surface area contributed by atoms with Crippen molar-refractivity contribution in [3.63, 3.8) is 0 Å². The number of rotatable bonds is 4. The lowest BCUT2D eigenvalue weighted by atomic mass is 10.1. The molecule has 9 nitrogen and oxygen atoms in total. The van der Waals surface area contributed by atoms with Crippen molar-refractivity contribution >= 4 is 17.5 Å². The van der Waals surface area contributed by atoms with Gasteiger partial charge in [-0.3, -0.25) is 14.6 Å². The van der Waals surface area contributed by atoms with Crippen LogP contribution >= 0.6 is 0 Å². The Morgan fingerprint density at radius 2 is 1.77 bits per heavy atom. The van der Waals surface area contributed by atoms with Crippen molar-refractivity contribution in [2.75, 3.05) is 4.90 Å². The number of hydrogen-bond donors (Lipinski definition) is 0. The van der Waals surface area contributed by atoms with Crippen LogP contribution in [0.25, 0.3) is 11.4 Å². The molecule has 1 aromatic heterocycles. The molecule has 3 aromatic rings. The van der Waals surface area contributed by atoms with Crippen LogP contribution in [0.1, 0.15) is 22.6 Å². The van der Waals surface area contributed by atoms with Gasteiger partial charge in [-0.1, -0.05) is 40.7 Å². The highest BCUT2D eigenvalue weighted by Gasteiger charge is 2.55. The second-order valence-electron chi connectivity index (χ2n) is 7.80. The smallest absolute Gasteiger partial charge is 0.263 e. The fraction of sp³-hybridized carbons (Fsp3) is 0.273. The number of benzene rings is 2. The lowest BCUT2D eigenvalue weighted by Crippen LogP contribution is -2.39. The first kappa shape index (κ1) is 19.1. The van der Waals surface area contributed by atoms with Crippen molar-refractivity contribution in [3.05, 3.63) is 65.0 Å². The highest BCUT2D eigenvalue weighted by Crippen LogP contribution is 2.33. The predicted octanol–water partition coefficient (Wildman–Crippen LogP) is 3.16. The third kappa shape index (κ3) is 3.09. The van der Waals surface area contributed by atoms with Crippen LogP contribution in [0.5, 0.6) is 0 Å². The van der Waals surface area contributed by atoms with Crippen molar-refractivity contribution in [1.29, 1.82) is 0 Å². The molecule has 5 rings (SSSR count). The Morgan fingerprint density at radius 1 is 0.968 bits per heavy atom. The maximum absolute atomic E-state index is 13.1. The molecule has 0 aliphatic carbocycles. The molecule has 31 heavy (non-hydrogen) atoms. The van der Waals surface area contributed by atoms with Crippen LogP contribution in [0.2, 0.25) is 0 Å². The van der Waals surface area contributed by atoms with Crippen LogP contribution in [0, 0.1) is 20.8 Å². The van der Waals surface area contributed by atoms with Gasteiger partial charge in [0.15, 0.2) is 12.1 Å². The third-order valence-electron chi connectivity index (χ3n) is 5.76. The Labute approximate surface area is 178 Å². The number of aromatic nitrogens is 2. The van der Waals surface area contributed by atoms with Crippen LogP contribution in [0.3, 0.4) is 0 Å². The van der Waals surface area contributed by atoms with E-state index in [1.54, 1.807) is 6.07 Å². The molecular formula is C22H20N6O3. The molecule has 0 spiro atoms. The molecule has 0 N–H and O–H groups in total. The predicted molar refractivity (Wildman–Crippen MR) is 111 cm³/mol. The second kappa shape index (κ2) is 7.12. The Hall–Kier alpha value is -3.88. The first-order valence-corrected chi connectivity index (χ1v) is 9.95. The number of carbonyl (C=O) groups is 2. The number of anilines is 1. The summed E-state index contributed by atoms with van der Waals surface area (Å²) in [5, 5.41) is 13.6. The van der Waals surface area contributed by atoms with Gasteiger partial charge in [0.05, 0.1) is 5.69 Å². The fourth-order valence-corrected chi connectivity index (χ4v) is 3.86. The van der Waals surface area contributed by atoms with E-state index in [-0.39, 0.29) is 18.4 Å². The topological polar surface area (TPSA) is 104 Å². The van der Waals surface area contributed by atoms with E-state index in [9.17, 15) is 9.59 Å². The average molecular weight is 416 g/mol. The normalized spacial score (nSPS) is 20.1. The average Bonchev–Trinajstić information content (AvgIpc) is 3.43. The first-order valence-electron chi connectivity index (χ1n) is 9.95. The Kier molecular flexibility index (Phi) is 4.39. The Morgan fingerprint density at radius 3 is 2.55 bits per heavy atom. The van der Waals surface area contributed by atoms with Crippen molar-refractivity contribution in [3.8, 4) is 11.4 Å². The largest absolute Gasteiger partial charge is 0.337 e. The second-order valence-corrected chi connectivity index (χ2v) is 7.80. The molecule has 0 radical (unpaired) electrons. The van der Waals surface area contributed by atoms with Gasteiger partial charge in [0.25, 0.3) is 11.8 Å². The van der Waals surface area contributed by atoms with E-state index in [1.807, 2.05) is 57.2 Å². The van der Waals surface area contributed by atoms with Crippen LogP contribution in [0.15, 0.2) is 57.3 Å². The van der Waals surface area contributed by atoms with E-state index < -0.39 is 12.1 Å². The molecule has 2 amide bonds. The number of hydrogen-bond acceptors (Lipinski definition) is 8. The number of carbonyl (C=O) groups excluding carboxylic acids is 2. The number of imide groups is 1. The van der Waals surface area contributed by atoms with Crippen LogP contribution in [-0.2, 0) is 16.1 Å². The van der Waals surface area contributed by atoms with Gasteiger partial charge in [-0.2, -0.15) is 10.1 Å². The molecule has 1 saturated heterocycles. The quantitative estimate of drug-likeness (QED) is 0.605. The summed E-state index contributed by atoms with van der Waals surface area (Å²) >= 11 is 0. The maximum Gasteiger partial charge on any atom is 0.263 e. The highest BCUT2D eigenvalue weighted by atomic mass is 16.5. The summed E-state index contributed by atoms with van der Waals surface area (Å²) in [6.45, 7) is 5.98. The van der Waals surface area contributed by atoms with Gasteiger partial charge < -0.3 is 4.52 Å². The number of nitrogens with zero attached hydrogens (tertiary/aromatic N) is 6. The van der Waals surface area contributed by atoms with E-state index in [0.717, 1.165) is 22.3 Å². The summed E-state index contributed by atoms with van der Waals surface area (Å²) in [6.07, 6.45) is 0. The lowest BCUT2D eigenvalue weighted by molar-refractivity contribution is -0.123. The molecule has 0 unspecified atom stereocenters. The molecule has 3 heterocycles. The van der Waals surface area contributed by atoms with Crippen LogP contribution in [-0.4, -0.2) is 39.0 Å². The fourth-order valence-electron chi connectivity index (χ4n) is 3.86. The van der Waals surface area contributed by atoms with Gasteiger partial charge in [-0.05, 0) is 49.6 Å². The Bertz CT molecular complexity index is 1230. The molecular weight excluding hydrogens is 396 g/mol. The van der Waals surface area contributed by atoms with E-state index in [0.29, 0.717) is 17.4 Å². The van der Waals surface area contributed by atoms with E-state index >= 15 is 0 Å². The first-order chi connectivity index (χ1) is 14.9. The van der Waals surface area contributed by atoms with Gasteiger partial charge in [0.1, 0.15) is 6.54 Å². The van der Waals surface area contributed by atoms with Gasteiger partial charge in [0, 0.05) is 5.56 Å². The molecule has 0 saturated carbocycles. The summed E-state index contributed by atoms with van der Waals surface area (Å²) in [5.74, 6) is 0.0200. The minimum absolute atomic E-state index is 0.0866. The molecule has 2 aliphatic heterocycles. The van der Waals surface area contributed by atoms with Gasteiger partial charge in [-0.15, -0.1) is 0 Å². The minimum atomic E-state index is -0.868. The minimum Gasteiger partial charge on any atom is -0.337 e. The molecule has 1 fully saturated rings. The van der Waals surface area contributed by atoms with Gasteiger partial charge in [0.2, 0.25) is 11.7 Å². The number of fused-ring (bicyclic) bond motifs is 1. The molecule has 0 bridgehead atoms. The van der Waals surface area contributed by atoms with E-state index in [2.05, 4.69) is 20.5 Å². The maximum atomic E-state index is 13.1. The number of aryl methyl sites for hydroxylation is 3. The van der Waals surface area contributed by atoms with E-state index in [1.165, 1.54) is 9.91 Å². The van der Waals surface area contributed by atoms with Gasteiger partial charge in [-0.25, -0.2) is 4.90 Å². The molecule has 9 heteroatoms. The summed E-state index contributed by atoms with van der Waals surface area (Å²) in [7, 11) is 0. The highest BCUT2D eigenvalue weighted by molar-refractivity contribution is 6.25. The van der Waals surface area contributed by atoms with Crippen molar-refractivity contribution in [2.45, 2.75) is 39.4 Å². The molecule has 2 atom stereocenters. The number of amides is 2. The SMILES string of the molecule is Cc1ccc(N2C(=O)[C@H]3N=NN(Cc4nc(-c5ccccc5C)no4)[C@@H]3C2=O)cc1C. The molecule has 156 valence electrons. The third-order valence-corrected chi connectivity index (χ3v) is 5.76. The van der Waals surface area contributed by atoms with Crippen LogP contribution in [0.4, 0.5) is 5.69 Å². The zero-order valence-electron chi connectivity index (χ0n) is 17.3.